The second-order valence-electron chi connectivity index (χ2n) is 3.40. The Labute approximate surface area is 86.4 Å². The Hall–Kier alpha value is -0.350. The number of aromatic nitrogens is 2. The first-order chi connectivity index (χ1) is 6.33. The summed E-state index contributed by atoms with van der Waals surface area (Å²) in [4.78, 5) is 0. The largest absolute Gasteiger partial charge is 0.309 e. The predicted molar refractivity (Wildman–Crippen MR) is 55.6 cm³/mol. The number of rotatable bonds is 2. The van der Waals surface area contributed by atoms with Gasteiger partial charge in [0.1, 0.15) is 0 Å². The number of aryl methyl sites for hydroxylation is 1. The number of nitrogens with zero attached hydrogens (tertiary/aromatic N) is 1. The summed E-state index contributed by atoms with van der Waals surface area (Å²) in [5.74, 6) is 0. The van der Waals surface area contributed by atoms with Gasteiger partial charge in [0.25, 0.3) is 0 Å². The van der Waals surface area contributed by atoms with Gasteiger partial charge in [0.15, 0.2) is 0 Å². The lowest BCUT2D eigenvalue weighted by molar-refractivity contribution is 0.623. The van der Waals surface area contributed by atoms with Crippen LogP contribution in [0.1, 0.15) is 37.2 Å². The maximum absolute atomic E-state index is 4.33. The SMILES string of the molecule is CCc1[nH]nc(C2CCCN2)c1Br. The lowest BCUT2D eigenvalue weighted by atomic mass is 10.1. The van der Waals surface area contributed by atoms with Gasteiger partial charge in [-0.15, -0.1) is 0 Å². The summed E-state index contributed by atoms with van der Waals surface area (Å²) < 4.78 is 1.16. The van der Waals surface area contributed by atoms with Crippen LogP contribution in [0.3, 0.4) is 0 Å². The number of nitrogens with one attached hydrogen (secondary N) is 2. The molecule has 3 nitrogen and oxygen atoms in total. The van der Waals surface area contributed by atoms with E-state index < -0.39 is 0 Å². The van der Waals surface area contributed by atoms with E-state index >= 15 is 0 Å². The molecule has 1 aliphatic rings. The fraction of sp³-hybridized carbons (Fsp3) is 0.667. The molecule has 1 aliphatic heterocycles. The van der Waals surface area contributed by atoms with E-state index in [2.05, 4.69) is 38.4 Å². The molecule has 72 valence electrons. The Morgan fingerprint density at radius 1 is 1.62 bits per heavy atom. The van der Waals surface area contributed by atoms with Gasteiger partial charge in [0.05, 0.1) is 16.2 Å². The van der Waals surface area contributed by atoms with Crippen molar-refractivity contribution in [3.8, 4) is 0 Å². The van der Waals surface area contributed by atoms with Crippen molar-refractivity contribution >= 4 is 15.9 Å². The summed E-state index contributed by atoms with van der Waals surface area (Å²) in [5, 5.41) is 10.8. The summed E-state index contributed by atoms with van der Waals surface area (Å²) in [5.41, 5.74) is 2.35. The molecule has 1 saturated heterocycles. The normalized spacial score (nSPS) is 22.5. The summed E-state index contributed by atoms with van der Waals surface area (Å²) >= 11 is 3.59. The van der Waals surface area contributed by atoms with E-state index in [-0.39, 0.29) is 0 Å². The van der Waals surface area contributed by atoms with Crippen LogP contribution in [0.4, 0.5) is 0 Å². The van der Waals surface area contributed by atoms with Gasteiger partial charge in [-0.1, -0.05) is 6.92 Å². The van der Waals surface area contributed by atoms with Crippen LogP contribution in [0.25, 0.3) is 0 Å². The summed E-state index contributed by atoms with van der Waals surface area (Å²) in [6.07, 6.45) is 3.46. The smallest absolute Gasteiger partial charge is 0.0936 e. The minimum absolute atomic E-state index is 0.450. The maximum atomic E-state index is 4.33. The molecule has 0 aromatic carbocycles. The minimum atomic E-state index is 0.450. The highest BCUT2D eigenvalue weighted by molar-refractivity contribution is 9.10. The van der Waals surface area contributed by atoms with Crippen LogP contribution >= 0.6 is 15.9 Å². The fourth-order valence-corrected chi connectivity index (χ4v) is 2.50. The highest BCUT2D eigenvalue weighted by Crippen LogP contribution is 2.29. The number of halogens is 1. The van der Waals surface area contributed by atoms with Gasteiger partial charge in [-0.2, -0.15) is 5.10 Å². The summed E-state index contributed by atoms with van der Waals surface area (Å²) in [7, 11) is 0. The number of hydrogen-bond acceptors (Lipinski definition) is 2. The lowest BCUT2D eigenvalue weighted by Gasteiger charge is -2.06. The van der Waals surface area contributed by atoms with E-state index in [1.54, 1.807) is 0 Å². The highest BCUT2D eigenvalue weighted by atomic mass is 79.9. The first-order valence-corrected chi connectivity index (χ1v) is 5.58. The Kier molecular flexibility index (Phi) is 2.69. The van der Waals surface area contributed by atoms with Crippen LogP contribution in [-0.2, 0) is 6.42 Å². The Morgan fingerprint density at radius 3 is 3.00 bits per heavy atom. The molecule has 1 fully saturated rings. The van der Waals surface area contributed by atoms with Gasteiger partial charge in [-0.25, -0.2) is 0 Å². The highest BCUT2D eigenvalue weighted by Gasteiger charge is 2.22. The van der Waals surface area contributed by atoms with Crippen LogP contribution in [0, 0.1) is 0 Å². The molecule has 1 unspecified atom stereocenters. The molecular formula is C9H14BrN3. The summed E-state index contributed by atoms with van der Waals surface area (Å²) in [6, 6.07) is 0.450. The molecule has 13 heavy (non-hydrogen) atoms. The van der Waals surface area contributed by atoms with Gasteiger partial charge in [0.2, 0.25) is 0 Å². The molecule has 1 aromatic heterocycles. The van der Waals surface area contributed by atoms with E-state index in [0.717, 1.165) is 23.1 Å². The standard InChI is InChI=1S/C9H14BrN3/c1-2-6-8(10)9(13-12-6)7-4-3-5-11-7/h7,11H,2-5H2,1H3,(H,12,13). The second-order valence-corrected chi connectivity index (χ2v) is 4.20. The average Bonchev–Trinajstić information content (AvgIpc) is 2.72. The molecule has 1 atom stereocenters. The Bertz CT molecular complexity index is 289. The summed E-state index contributed by atoms with van der Waals surface area (Å²) in [6.45, 7) is 3.25. The molecule has 1 aromatic rings. The number of aromatic amines is 1. The van der Waals surface area contributed by atoms with Crippen molar-refractivity contribution in [2.75, 3.05) is 6.54 Å². The van der Waals surface area contributed by atoms with E-state index in [1.807, 2.05) is 0 Å². The second kappa shape index (κ2) is 3.80. The van der Waals surface area contributed by atoms with Crippen molar-refractivity contribution in [2.45, 2.75) is 32.2 Å². The van der Waals surface area contributed by atoms with Crippen LogP contribution in [-0.4, -0.2) is 16.7 Å². The van der Waals surface area contributed by atoms with E-state index in [4.69, 9.17) is 0 Å². The van der Waals surface area contributed by atoms with E-state index in [9.17, 15) is 0 Å². The Morgan fingerprint density at radius 2 is 2.46 bits per heavy atom. The fourth-order valence-electron chi connectivity index (χ4n) is 1.76. The third-order valence-electron chi connectivity index (χ3n) is 2.55. The van der Waals surface area contributed by atoms with Crippen LogP contribution in [0.2, 0.25) is 0 Å². The molecule has 4 heteroatoms. The molecule has 2 rings (SSSR count). The van der Waals surface area contributed by atoms with Gasteiger partial charge in [0, 0.05) is 5.69 Å². The monoisotopic (exact) mass is 243 g/mol. The molecular weight excluding hydrogens is 230 g/mol. The maximum Gasteiger partial charge on any atom is 0.0936 e. The van der Waals surface area contributed by atoms with Crippen LogP contribution < -0.4 is 5.32 Å². The topological polar surface area (TPSA) is 40.7 Å². The molecule has 0 aliphatic carbocycles. The van der Waals surface area contributed by atoms with Gasteiger partial charge in [-0.3, -0.25) is 5.10 Å². The van der Waals surface area contributed by atoms with Crippen molar-refractivity contribution in [2.24, 2.45) is 0 Å². The molecule has 0 saturated carbocycles. The number of H-pyrrole nitrogens is 1. The first-order valence-electron chi connectivity index (χ1n) is 4.79. The Balaban J connectivity index is 2.24. The zero-order valence-corrected chi connectivity index (χ0v) is 9.32. The number of hydrogen-bond donors (Lipinski definition) is 2. The van der Waals surface area contributed by atoms with Gasteiger partial charge in [-0.05, 0) is 41.7 Å². The van der Waals surface area contributed by atoms with Gasteiger partial charge >= 0.3 is 0 Å². The molecule has 0 amide bonds. The van der Waals surface area contributed by atoms with Crippen molar-refractivity contribution in [3.05, 3.63) is 15.9 Å². The predicted octanol–water partition coefficient (Wildman–Crippen LogP) is 2.16. The van der Waals surface area contributed by atoms with E-state index in [1.165, 1.54) is 18.5 Å². The molecule has 0 bridgehead atoms. The molecule has 2 N–H and O–H groups in total. The third-order valence-corrected chi connectivity index (χ3v) is 3.43. The lowest BCUT2D eigenvalue weighted by Crippen LogP contribution is -2.13. The third kappa shape index (κ3) is 1.65. The van der Waals surface area contributed by atoms with Crippen molar-refractivity contribution in [3.63, 3.8) is 0 Å². The van der Waals surface area contributed by atoms with E-state index in [0.29, 0.717) is 6.04 Å². The molecule has 0 radical (unpaired) electrons. The zero-order valence-electron chi connectivity index (χ0n) is 7.73. The van der Waals surface area contributed by atoms with Crippen molar-refractivity contribution in [1.82, 2.24) is 15.5 Å². The van der Waals surface area contributed by atoms with Gasteiger partial charge < -0.3 is 5.32 Å². The van der Waals surface area contributed by atoms with Crippen LogP contribution in [0.5, 0.6) is 0 Å². The van der Waals surface area contributed by atoms with Crippen molar-refractivity contribution < 1.29 is 0 Å². The van der Waals surface area contributed by atoms with Crippen LogP contribution in [0.15, 0.2) is 4.47 Å². The average molecular weight is 244 g/mol. The van der Waals surface area contributed by atoms with Crippen molar-refractivity contribution in [1.29, 1.82) is 0 Å². The minimum Gasteiger partial charge on any atom is -0.309 e. The zero-order chi connectivity index (χ0) is 9.26. The molecule has 2 heterocycles. The first kappa shape index (κ1) is 9.21. The quantitative estimate of drug-likeness (QED) is 0.836. The molecule has 0 spiro atoms.